The molecule has 6 rings (SSSR count). The summed E-state index contributed by atoms with van der Waals surface area (Å²) in [4.78, 5) is 14.3. The SMILES string of the molecule is O=C(O)c1cc2c3c(c1)[C@H]1C=CC[C@@H]1[C@H](c1ccccc1F)N3C[C@H]1CC=C[C@H]21. The van der Waals surface area contributed by atoms with Crippen molar-refractivity contribution in [3.05, 3.63) is 88.8 Å². The van der Waals surface area contributed by atoms with Crippen LogP contribution in [-0.4, -0.2) is 17.6 Å². The molecule has 2 aliphatic heterocycles. The molecule has 0 spiro atoms. The molecule has 0 saturated carbocycles. The Labute approximate surface area is 169 Å². The van der Waals surface area contributed by atoms with Crippen LogP contribution in [0.3, 0.4) is 0 Å². The number of rotatable bonds is 2. The Bertz CT molecular complexity index is 1070. The molecule has 1 N–H and O–H groups in total. The molecule has 2 aromatic carbocycles. The van der Waals surface area contributed by atoms with Crippen LogP contribution in [0.2, 0.25) is 0 Å². The van der Waals surface area contributed by atoms with Gasteiger partial charge in [-0.3, -0.25) is 0 Å². The van der Waals surface area contributed by atoms with Gasteiger partial charge in [-0.2, -0.15) is 0 Å². The summed E-state index contributed by atoms with van der Waals surface area (Å²) >= 11 is 0. The second-order valence-corrected chi connectivity index (χ2v) is 8.73. The number of nitrogens with zero attached hydrogens (tertiary/aromatic N) is 1. The van der Waals surface area contributed by atoms with Crippen LogP contribution in [-0.2, 0) is 0 Å². The molecule has 0 radical (unpaired) electrons. The van der Waals surface area contributed by atoms with Crippen molar-refractivity contribution in [1.82, 2.24) is 0 Å². The first-order chi connectivity index (χ1) is 14.1. The van der Waals surface area contributed by atoms with Crippen LogP contribution in [0.5, 0.6) is 0 Å². The lowest BCUT2D eigenvalue weighted by atomic mass is 9.70. The lowest BCUT2D eigenvalue weighted by molar-refractivity contribution is 0.0696. The van der Waals surface area contributed by atoms with Crippen molar-refractivity contribution in [1.29, 1.82) is 0 Å². The van der Waals surface area contributed by atoms with E-state index in [1.807, 2.05) is 24.3 Å². The summed E-state index contributed by atoms with van der Waals surface area (Å²) in [6.07, 6.45) is 10.7. The average molecular weight is 387 g/mol. The Balaban J connectivity index is 1.62. The first kappa shape index (κ1) is 17.0. The van der Waals surface area contributed by atoms with Crippen molar-refractivity contribution in [2.75, 3.05) is 11.4 Å². The number of hydrogen-bond acceptors (Lipinski definition) is 2. The highest BCUT2D eigenvalue weighted by atomic mass is 19.1. The number of anilines is 1. The van der Waals surface area contributed by atoms with Gasteiger partial charge in [0.25, 0.3) is 0 Å². The summed E-state index contributed by atoms with van der Waals surface area (Å²) in [6.45, 7) is 0.881. The third kappa shape index (κ3) is 2.32. The lowest BCUT2D eigenvalue weighted by Crippen LogP contribution is -2.46. The zero-order valence-corrected chi connectivity index (χ0v) is 16.0. The quantitative estimate of drug-likeness (QED) is 0.700. The largest absolute Gasteiger partial charge is 0.478 e. The minimum Gasteiger partial charge on any atom is -0.478 e. The van der Waals surface area contributed by atoms with Gasteiger partial charge >= 0.3 is 5.97 Å². The summed E-state index contributed by atoms with van der Waals surface area (Å²) < 4.78 is 14.9. The second-order valence-electron chi connectivity index (χ2n) is 8.73. The number of carboxylic acid groups (broad SMARTS) is 1. The first-order valence-electron chi connectivity index (χ1n) is 10.4. The monoisotopic (exact) mass is 387 g/mol. The molecule has 0 saturated heterocycles. The number of hydrogen-bond donors (Lipinski definition) is 1. The van der Waals surface area contributed by atoms with Gasteiger partial charge in [-0.15, -0.1) is 0 Å². The predicted molar refractivity (Wildman–Crippen MR) is 110 cm³/mol. The average Bonchev–Trinajstić information content (AvgIpc) is 3.38. The number of carboxylic acids is 1. The van der Waals surface area contributed by atoms with Crippen LogP contribution in [0.15, 0.2) is 60.7 Å². The molecule has 5 atom stereocenters. The van der Waals surface area contributed by atoms with Crippen molar-refractivity contribution in [3.8, 4) is 0 Å². The third-order valence-corrected chi connectivity index (χ3v) is 7.32. The summed E-state index contributed by atoms with van der Waals surface area (Å²) in [5.41, 5.74) is 4.47. The summed E-state index contributed by atoms with van der Waals surface area (Å²) in [7, 11) is 0. The van der Waals surface area contributed by atoms with Crippen molar-refractivity contribution in [2.24, 2.45) is 11.8 Å². The number of halogens is 1. The highest BCUT2D eigenvalue weighted by molar-refractivity contribution is 5.90. The Kier molecular flexibility index (Phi) is 3.55. The number of fused-ring (bicyclic) bond motifs is 4. The minimum absolute atomic E-state index is 0.0281. The normalized spacial score (nSPS) is 30.8. The van der Waals surface area contributed by atoms with E-state index < -0.39 is 5.97 Å². The molecule has 2 heterocycles. The fourth-order valence-electron chi connectivity index (χ4n) is 6.17. The Morgan fingerprint density at radius 2 is 1.72 bits per heavy atom. The van der Waals surface area contributed by atoms with Gasteiger partial charge < -0.3 is 10.0 Å². The molecule has 29 heavy (non-hydrogen) atoms. The minimum atomic E-state index is -0.880. The van der Waals surface area contributed by atoms with Crippen molar-refractivity contribution < 1.29 is 14.3 Å². The molecule has 2 aromatic rings. The maximum atomic E-state index is 14.9. The Morgan fingerprint density at radius 3 is 2.52 bits per heavy atom. The molecular weight excluding hydrogens is 365 g/mol. The van der Waals surface area contributed by atoms with E-state index in [0.717, 1.165) is 41.8 Å². The fraction of sp³-hybridized carbons (Fsp3) is 0.320. The van der Waals surface area contributed by atoms with Crippen LogP contribution in [0.1, 0.15) is 57.8 Å². The highest BCUT2D eigenvalue weighted by Crippen LogP contribution is 2.59. The molecule has 4 heteroatoms. The topological polar surface area (TPSA) is 40.5 Å². The summed E-state index contributed by atoms with van der Waals surface area (Å²) in [5.74, 6) is -0.00781. The van der Waals surface area contributed by atoms with E-state index in [1.54, 1.807) is 12.1 Å². The van der Waals surface area contributed by atoms with E-state index in [9.17, 15) is 14.3 Å². The molecule has 3 nitrogen and oxygen atoms in total. The first-order valence-corrected chi connectivity index (χ1v) is 10.4. The van der Waals surface area contributed by atoms with Crippen LogP contribution in [0, 0.1) is 17.7 Å². The van der Waals surface area contributed by atoms with E-state index in [-0.39, 0.29) is 29.6 Å². The van der Waals surface area contributed by atoms with Crippen LogP contribution >= 0.6 is 0 Å². The van der Waals surface area contributed by atoms with Gasteiger partial charge in [-0.1, -0.05) is 42.5 Å². The van der Waals surface area contributed by atoms with Gasteiger partial charge in [0.05, 0.1) is 11.6 Å². The van der Waals surface area contributed by atoms with Crippen LogP contribution in [0.4, 0.5) is 10.1 Å². The van der Waals surface area contributed by atoms with Gasteiger partial charge in [0.2, 0.25) is 0 Å². The summed E-state index contributed by atoms with van der Waals surface area (Å²) in [6, 6.07) is 10.8. The molecule has 146 valence electrons. The zero-order valence-electron chi connectivity index (χ0n) is 16.0. The van der Waals surface area contributed by atoms with Gasteiger partial charge in [-0.25, -0.2) is 9.18 Å². The standard InChI is InChI=1S/C25H22FNO2/c26-22-10-2-1-6-19(22)23-18-9-4-8-17(18)21-12-15(25(28)29)11-20-16-7-3-5-14(16)13-27(23)24(20)21/h1-4,6-8,10-12,14,16-18,23H,5,9,13H2,(H,28,29)/t14-,16+,17+,18+,23-/m1/s1. The number of benzene rings is 2. The van der Waals surface area contributed by atoms with Crippen LogP contribution in [0.25, 0.3) is 0 Å². The van der Waals surface area contributed by atoms with E-state index in [0.29, 0.717) is 11.5 Å². The van der Waals surface area contributed by atoms with E-state index in [2.05, 4.69) is 29.2 Å². The second kappa shape index (κ2) is 6.06. The molecule has 0 amide bonds. The van der Waals surface area contributed by atoms with Gasteiger partial charge in [0.15, 0.2) is 0 Å². The number of carbonyl (C=O) groups is 1. The number of aromatic carboxylic acids is 1. The van der Waals surface area contributed by atoms with E-state index in [4.69, 9.17) is 0 Å². The van der Waals surface area contributed by atoms with Gasteiger partial charge in [0.1, 0.15) is 5.82 Å². The van der Waals surface area contributed by atoms with E-state index in [1.165, 1.54) is 0 Å². The summed E-state index contributed by atoms with van der Waals surface area (Å²) in [5, 5.41) is 9.74. The zero-order chi connectivity index (χ0) is 19.7. The molecular formula is C25H22FNO2. The van der Waals surface area contributed by atoms with Crippen molar-refractivity contribution >= 4 is 11.7 Å². The molecule has 2 aliphatic carbocycles. The maximum Gasteiger partial charge on any atom is 0.335 e. The predicted octanol–water partition coefficient (Wildman–Crippen LogP) is 5.42. The smallest absolute Gasteiger partial charge is 0.335 e. The molecule has 4 aliphatic rings. The highest BCUT2D eigenvalue weighted by Gasteiger charge is 2.48. The van der Waals surface area contributed by atoms with Crippen LogP contribution < -0.4 is 4.90 Å². The van der Waals surface area contributed by atoms with Gasteiger partial charge in [-0.05, 0) is 54.0 Å². The molecule has 0 aromatic heterocycles. The lowest BCUT2D eigenvalue weighted by Gasteiger charge is -2.51. The van der Waals surface area contributed by atoms with Gasteiger partial charge in [0, 0.05) is 29.6 Å². The maximum absolute atomic E-state index is 14.9. The molecule has 0 bridgehead atoms. The van der Waals surface area contributed by atoms with Crippen molar-refractivity contribution in [3.63, 3.8) is 0 Å². The number of allylic oxidation sites excluding steroid dienone is 4. The Hall–Kier alpha value is -2.88. The Morgan fingerprint density at radius 1 is 1.00 bits per heavy atom. The molecule has 0 fully saturated rings. The molecule has 0 unspecified atom stereocenters. The fourth-order valence-corrected chi connectivity index (χ4v) is 6.17. The van der Waals surface area contributed by atoms with E-state index >= 15 is 0 Å². The third-order valence-electron chi connectivity index (χ3n) is 7.32. The van der Waals surface area contributed by atoms with Crippen molar-refractivity contribution in [2.45, 2.75) is 30.7 Å².